The number of aromatic nitrogens is 5. The van der Waals surface area contributed by atoms with Gasteiger partial charge in [-0.1, -0.05) is 24.3 Å². The number of carbonyl (C=O) groups is 1. The van der Waals surface area contributed by atoms with Crippen molar-refractivity contribution in [3.63, 3.8) is 0 Å². The number of hydrogen-bond donors (Lipinski definition) is 1. The second-order valence-electron chi connectivity index (χ2n) is 6.19. The first-order chi connectivity index (χ1) is 13.2. The molecule has 0 unspecified atom stereocenters. The molecule has 4 rings (SSSR count). The van der Waals surface area contributed by atoms with Crippen LogP contribution in [0.3, 0.4) is 0 Å². The van der Waals surface area contributed by atoms with E-state index in [4.69, 9.17) is 0 Å². The van der Waals surface area contributed by atoms with E-state index in [-0.39, 0.29) is 18.0 Å². The second-order valence-corrected chi connectivity index (χ2v) is 6.19. The third-order valence-corrected chi connectivity index (χ3v) is 4.34. The second kappa shape index (κ2) is 7.36. The Bertz CT molecular complexity index is 1160. The van der Waals surface area contributed by atoms with Crippen molar-refractivity contribution in [2.75, 3.05) is 6.54 Å². The SMILES string of the molecule is O=C(Cn1ncc2ccccc2c1=O)NCCCc1nnc2ccccn12. The van der Waals surface area contributed by atoms with Crippen molar-refractivity contribution in [1.82, 2.24) is 29.7 Å². The molecule has 3 aromatic heterocycles. The van der Waals surface area contributed by atoms with E-state index in [0.717, 1.165) is 23.3 Å². The Morgan fingerprint density at radius 3 is 2.85 bits per heavy atom. The molecule has 3 heterocycles. The lowest BCUT2D eigenvalue weighted by molar-refractivity contribution is -0.121. The van der Waals surface area contributed by atoms with Crippen LogP contribution < -0.4 is 10.9 Å². The predicted molar refractivity (Wildman–Crippen MR) is 100 cm³/mol. The van der Waals surface area contributed by atoms with E-state index >= 15 is 0 Å². The average molecular weight is 362 g/mol. The van der Waals surface area contributed by atoms with Gasteiger partial charge >= 0.3 is 0 Å². The van der Waals surface area contributed by atoms with Crippen LogP contribution in [0.5, 0.6) is 0 Å². The molecular weight excluding hydrogens is 344 g/mol. The number of rotatable bonds is 6. The van der Waals surface area contributed by atoms with Crippen LogP contribution in [0.1, 0.15) is 12.2 Å². The molecule has 1 N–H and O–H groups in total. The maximum atomic E-state index is 12.4. The molecule has 0 atom stereocenters. The summed E-state index contributed by atoms with van der Waals surface area (Å²) >= 11 is 0. The largest absolute Gasteiger partial charge is 0.354 e. The Kier molecular flexibility index (Phi) is 4.61. The normalized spacial score (nSPS) is 11.1. The standard InChI is InChI=1S/C19H18N6O2/c26-18(13-25-19(27)15-7-2-1-6-14(15)12-21-25)20-10-5-9-17-23-22-16-8-3-4-11-24(16)17/h1-4,6-8,11-12H,5,9-10,13H2,(H,20,26). The van der Waals surface area contributed by atoms with Crippen LogP contribution in [-0.4, -0.2) is 36.8 Å². The van der Waals surface area contributed by atoms with E-state index in [2.05, 4.69) is 20.6 Å². The predicted octanol–water partition coefficient (Wildman–Crippen LogP) is 1.19. The fourth-order valence-electron chi connectivity index (χ4n) is 2.97. The quantitative estimate of drug-likeness (QED) is 0.520. The van der Waals surface area contributed by atoms with Gasteiger partial charge in [0.2, 0.25) is 5.91 Å². The summed E-state index contributed by atoms with van der Waals surface area (Å²) in [6.07, 6.45) is 4.93. The monoisotopic (exact) mass is 362 g/mol. The van der Waals surface area contributed by atoms with Crippen LogP contribution in [0.2, 0.25) is 0 Å². The molecule has 0 aliphatic carbocycles. The zero-order chi connectivity index (χ0) is 18.6. The number of carbonyl (C=O) groups excluding carboxylic acids is 1. The molecule has 0 aliphatic rings. The number of aryl methyl sites for hydroxylation is 1. The lowest BCUT2D eigenvalue weighted by Crippen LogP contribution is -2.34. The van der Waals surface area contributed by atoms with Gasteiger partial charge in [-0.2, -0.15) is 5.10 Å². The highest BCUT2D eigenvalue weighted by Gasteiger charge is 2.09. The third kappa shape index (κ3) is 3.55. The van der Waals surface area contributed by atoms with Gasteiger partial charge in [0, 0.05) is 24.5 Å². The summed E-state index contributed by atoms with van der Waals surface area (Å²) in [6.45, 7) is 0.389. The fourth-order valence-corrected chi connectivity index (χ4v) is 2.97. The molecule has 0 radical (unpaired) electrons. The molecule has 0 aliphatic heterocycles. The maximum absolute atomic E-state index is 12.4. The lowest BCUT2D eigenvalue weighted by Gasteiger charge is -2.07. The van der Waals surface area contributed by atoms with Crippen molar-refractivity contribution in [2.24, 2.45) is 0 Å². The number of fused-ring (bicyclic) bond motifs is 2. The molecule has 136 valence electrons. The van der Waals surface area contributed by atoms with E-state index in [1.807, 2.05) is 40.9 Å². The molecule has 27 heavy (non-hydrogen) atoms. The molecule has 0 saturated carbocycles. The molecule has 1 aromatic carbocycles. The highest BCUT2D eigenvalue weighted by atomic mass is 16.2. The molecule has 0 bridgehead atoms. The van der Waals surface area contributed by atoms with Gasteiger partial charge in [-0.25, -0.2) is 4.68 Å². The van der Waals surface area contributed by atoms with Gasteiger partial charge in [0.1, 0.15) is 12.4 Å². The Balaban J connectivity index is 1.32. The molecular formula is C19H18N6O2. The Labute approximate surface area is 154 Å². The number of nitrogens with one attached hydrogen (secondary N) is 1. The number of benzene rings is 1. The number of hydrogen-bond acceptors (Lipinski definition) is 5. The van der Waals surface area contributed by atoms with E-state index in [9.17, 15) is 9.59 Å². The van der Waals surface area contributed by atoms with Crippen molar-refractivity contribution < 1.29 is 4.79 Å². The average Bonchev–Trinajstić information content (AvgIpc) is 3.11. The Hall–Kier alpha value is -3.55. The van der Waals surface area contributed by atoms with Crippen LogP contribution in [0.15, 0.2) is 59.7 Å². The molecule has 1 amide bonds. The van der Waals surface area contributed by atoms with E-state index in [0.29, 0.717) is 18.4 Å². The highest BCUT2D eigenvalue weighted by molar-refractivity contribution is 5.81. The van der Waals surface area contributed by atoms with E-state index < -0.39 is 0 Å². The fraction of sp³-hybridized carbons (Fsp3) is 0.211. The van der Waals surface area contributed by atoms with E-state index in [1.165, 1.54) is 4.68 Å². The molecule has 0 fully saturated rings. The summed E-state index contributed by atoms with van der Waals surface area (Å²) in [4.78, 5) is 24.5. The van der Waals surface area contributed by atoms with Crippen molar-refractivity contribution >= 4 is 22.3 Å². The first-order valence-corrected chi connectivity index (χ1v) is 8.72. The van der Waals surface area contributed by atoms with Gasteiger partial charge in [-0.3, -0.25) is 14.0 Å². The lowest BCUT2D eigenvalue weighted by atomic mass is 10.2. The summed E-state index contributed by atoms with van der Waals surface area (Å²) < 4.78 is 3.12. The van der Waals surface area contributed by atoms with Crippen molar-refractivity contribution in [1.29, 1.82) is 0 Å². The Morgan fingerprint density at radius 2 is 1.93 bits per heavy atom. The van der Waals surface area contributed by atoms with Crippen molar-refractivity contribution in [3.8, 4) is 0 Å². The van der Waals surface area contributed by atoms with E-state index in [1.54, 1.807) is 18.3 Å². The minimum absolute atomic E-state index is 0.0997. The number of pyridine rings is 1. The van der Waals surface area contributed by atoms with Gasteiger partial charge in [0.15, 0.2) is 5.65 Å². The van der Waals surface area contributed by atoms with Crippen molar-refractivity contribution in [3.05, 3.63) is 71.0 Å². The topological polar surface area (TPSA) is 94.2 Å². The molecule has 4 aromatic rings. The summed E-state index contributed by atoms with van der Waals surface area (Å²) in [5, 5.41) is 16.5. The van der Waals surface area contributed by atoms with Crippen LogP contribution in [0.4, 0.5) is 0 Å². The molecule has 0 saturated heterocycles. The minimum Gasteiger partial charge on any atom is -0.354 e. The summed E-state index contributed by atoms with van der Waals surface area (Å²) in [7, 11) is 0. The first kappa shape index (κ1) is 16.9. The maximum Gasteiger partial charge on any atom is 0.275 e. The summed E-state index contributed by atoms with van der Waals surface area (Å²) in [5.74, 6) is 0.609. The van der Waals surface area contributed by atoms with Crippen LogP contribution >= 0.6 is 0 Å². The van der Waals surface area contributed by atoms with Gasteiger partial charge in [-0.15, -0.1) is 10.2 Å². The summed E-state index contributed by atoms with van der Waals surface area (Å²) in [5.41, 5.74) is 0.538. The zero-order valence-electron chi connectivity index (χ0n) is 14.6. The smallest absolute Gasteiger partial charge is 0.275 e. The van der Waals surface area contributed by atoms with Crippen molar-refractivity contribution in [2.45, 2.75) is 19.4 Å². The van der Waals surface area contributed by atoms with Crippen LogP contribution in [-0.2, 0) is 17.8 Å². The van der Waals surface area contributed by atoms with Crippen LogP contribution in [0.25, 0.3) is 16.4 Å². The zero-order valence-corrected chi connectivity index (χ0v) is 14.6. The Morgan fingerprint density at radius 1 is 1.07 bits per heavy atom. The van der Waals surface area contributed by atoms with Gasteiger partial charge in [-0.05, 0) is 24.6 Å². The molecule has 8 nitrogen and oxygen atoms in total. The summed E-state index contributed by atoms with van der Waals surface area (Å²) in [6, 6.07) is 12.9. The number of nitrogens with zero attached hydrogens (tertiary/aromatic N) is 5. The van der Waals surface area contributed by atoms with Gasteiger partial charge < -0.3 is 5.32 Å². The molecule has 0 spiro atoms. The van der Waals surface area contributed by atoms with Crippen LogP contribution in [0, 0.1) is 0 Å². The minimum atomic E-state index is -0.266. The number of amides is 1. The third-order valence-electron chi connectivity index (χ3n) is 4.34. The van der Waals surface area contributed by atoms with Gasteiger partial charge in [0.05, 0.1) is 11.6 Å². The highest BCUT2D eigenvalue weighted by Crippen LogP contribution is 2.06. The van der Waals surface area contributed by atoms with Gasteiger partial charge in [0.25, 0.3) is 5.56 Å². The first-order valence-electron chi connectivity index (χ1n) is 8.72. The molecule has 8 heteroatoms.